The van der Waals surface area contributed by atoms with E-state index < -0.39 is 15.4 Å². The van der Waals surface area contributed by atoms with Crippen LogP contribution in [0, 0.1) is 0 Å². The number of nitrogens with zero attached hydrogens (tertiary/aromatic N) is 1. The molecule has 21 heavy (non-hydrogen) atoms. The molecule has 0 heterocycles. The molecule has 0 amide bonds. The highest BCUT2D eigenvalue weighted by atomic mass is 35.5. The van der Waals surface area contributed by atoms with Crippen molar-refractivity contribution in [1.82, 2.24) is 0 Å². The molecular formula is C12H20ClN3O4S. The van der Waals surface area contributed by atoms with E-state index in [0.717, 1.165) is 6.26 Å². The first-order chi connectivity index (χ1) is 9.01. The van der Waals surface area contributed by atoms with Gasteiger partial charge in [-0.1, -0.05) is 12.1 Å². The lowest BCUT2D eigenvalue weighted by molar-refractivity contribution is 0.0753. The maximum absolute atomic E-state index is 11.8. The van der Waals surface area contributed by atoms with Crippen LogP contribution >= 0.6 is 12.4 Å². The highest BCUT2D eigenvalue weighted by Crippen LogP contribution is 2.28. The Balaban J connectivity index is 0.00000400. The van der Waals surface area contributed by atoms with Crippen molar-refractivity contribution in [3.05, 3.63) is 29.3 Å². The molecule has 1 rings (SSSR count). The van der Waals surface area contributed by atoms with Crippen LogP contribution in [-0.2, 0) is 26.9 Å². The van der Waals surface area contributed by atoms with Gasteiger partial charge in [0.25, 0.3) is 0 Å². The van der Waals surface area contributed by atoms with E-state index in [0.29, 0.717) is 11.1 Å². The standard InChI is InChI=1S/C12H19N3O4S.ClH/c1-12(2,16)9-5-4-8(7-19-15-11(13)14)6-10(9)20(3,17)18;/h4-6,16H,7H2,1-3H3,(H4,13,14,15);1H. The molecule has 0 fully saturated rings. The van der Waals surface area contributed by atoms with Gasteiger partial charge in [-0.2, -0.15) is 0 Å². The van der Waals surface area contributed by atoms with Gasteiger partial charge in [-0.25, -0.2) is 8.42 Å². The van der Waals surface area contributed by atoms with Crippen LogP contribution in [0.2, 0.25) is 0 Å². The summed E-state index contributed by atoms with van der Waals surface area (Å²) in [5.74, 6) is -0.221. The Morgan fingerprint density at radius 2 is 1.95 bits per heavy atom. The molecule has 1 aromatic carbocycles. The number of halogens is 1. The zero-order valence-corrected chi connectivity index (χ0v) is 13.7. The first-order valence-corrected chi connectivity index (χ1v) is 7.67. The summed E-state index contributed by atoms with van der Waals surface area (Å²) < 4.78 is 23.6. The van der Waals surface area contributed by atoms with Crippen molar-refractivity contribution in [2.45, 2.75) is 31.0 Å². The van der Waals surface area contributed by atoms with Crippen molar-refractivity contribution >= 4 is 28.2 Å². The van der Waals surface area contributed by atoms with Crippen LogP contribution in [0.5, 0.6) is 0 Å². The number of rotatable bonds is 5. The minimum atomic E-state index is -3.48. The third kappa shape index (κ3) is 5.78. The van der Waals surface area contributed by atoms with Gasteiger partial charge in [-0.15, -0.1) is 12.4 Å². The van der Waals surface area contributed by atoms with E-state index in [-0.39, 0.29) is 29.9 Å². The van der Waals surface area contributed by atoms with Crippen LogP contribution in [0.15, 0.2) is 28.3 Å². The average Bonchev–Trinajstić information content (AvgIpc) is 2.25. The fraction of sp³-hybridized carbons (Fsp3) is 0.417. The molecule has 0 radical (unpaired) electrons. The molecule has 0 saturated carbocycles. The first-order valence-electron chi connectivity index (χ1n) is 5.78. The average molecular weight is 338 g/mol. The number of hydrogen-bond acceptors (Lipinski definition) is 5. The number of sulfone groups is 1. The van der Waals surface area contributed by atoms with E-state index in [2.05, 4.69) is 5.16 Å². The fourth-order valence-corrected chi connectivity index (χ4v) is 2.73. The lowest BCUT2D eigenvalue weighted by atomic mass is 9.97. The molecule has 0 unspecified atom stereocenters. The van der Waals surface area contributed by atoms with Crippen LogP contribution in [-0.4, -0.2) is 25.7 Å². The Morgan fingerprint density at radius 3 is 2.38 bits per heavy atom. The highest BCUT2D eigenvalue weighted by molar-refractivity contribution is 7.90. The van der Waals surface area contributed by atoms with E-state index in [4.69, 9.17) is 16.3 Å². The smallest absolute Gasteiger partial charge is 0.228 e. The Bertz CT molecular complexity index is 620. The number of oxime groups is 1. The second kappa shape index (κ2) is 6.97. The molecule has 7 nitrogen and oxygen atoms in total. The third-order valence-corrected chi connectivity index (χ3v) is 3.64. The fourth-order valence-electron chi connectivity index (χ4n) is 1.65. The second-order valence-electron chi connectivity index (χ2n) is 4.95. The Morgan fingerprint density at radius 1 is 1.38 bits per heavy atom. The molecular weight excluding hydrogens is 318 g/mol. The van der Waals surface area contributed by atoms with Gasteiger partial charge in [0.15, 0.2) is 9.84 Å². The third-order valence-electron chi connectivity index (χ3n) is 2.51. The maximum atomic E-state index is 11.8. The van der Waals surface area contributed by atoms with Crippen molar-refractivity contribution < 1.29 is 18.4 Å². The van der Waals surface area contributed by atoms with Crippen LogP contribution < -0.4 is 11.5 Å². The molecule has 0 aromatic heterocycles. The summed E-state index contributed by atoms with van der Waals surface area (Å²) in [7, 11) is -3.48. The van der Waals surface area contributed by atoms with Gasteiger partial charge in [-0.3, -0.25) is 0 Å². The first kappa shape index (κ1) is 19.5. The van der Waals surface area contributed by atoms with Crippen molar-refractivity contribution in [2.75, 3.05) is 6.26 Å². The summed E-state index contributed by atoms with van der Waals surface area (Å²) in [5.41, 5.74) is 9.85. The van der Waals surface area contributed by atoms with Crippen molar-refractivity contribution in [2.24, 2.45) is 16.6 Å². The molecule has 0 aliphatic heterocycles. The Kier molecular flexibility index (Phi) is 6.47. The van der Waals surface area contributed by atoms with Crippen LogP contribution in [0.4, 0.5) is 0 Å². The van der Waals surface area contributed by atoms with Crippen molar-refractivity contribution in [3.63, 3.8) is 0 Å². The molecule has 0 bridgehead atoms. The highest BCUT2D eigenvalue weighted by Gasteiger charge is 2.25. The van der Waals surface area contributed by atoms with Gasteiger partial charge >= 0.3 is 0 Å². The summed E-state index contributed by atoms with van der Waals surface area (Å²) in [6, 6.07) is 4.62. The lowest BCUT2D eigenvalue weighted by Crippen LogP contribution is -2.22. The maximum Gasteiger partial charge on any atom is 0.228 e. The monoisotopic (exact) mass is 337 g/mol. The number of nitrogens with two attached hydrogens (primary N) is 2. The van der Waals surface area contributed by atoms with Gasteiger partial charge in [0.1, 0.15) is 6.61 Å². The van der Waals surface area contributed by atoms with Crippen LogP contribution in [0.1, 0.15) is 25.0 Å². The largest absolute Gasteiger partial charge is 0.388 e. The Labute approximate surface area is 130 Å². The summed E-state index contributed by atoms with van der Waals surface area (Å²) in [6.45, 7) is 3.06. The zero-order chi connectivity index (χ0) is 15.6. The number of hydrogen-bond donors (Lipinski definition) is 3. The minimum absolute atomic E-state index is 0. The predicted octanol–water partition coefficient (Wildman–Crippen LogP) is 0.444. The summed E-state index contributed by atoms with van der Waals surface area (Å²) >= 11 is 0. The van der Waals surface area contributed by atoms with Gasteiger partial charge in [0.2, 0.25) is 5.96 Å². The molecule has 120 valence electrons. The van der Waals surface area contributed by atoms with E-state index >= 15 is 0 Å². The van der Waals surface area contributed by atoms with Gasteiger partial charge in [-0.05, 0) is 30.6 Å². The van der Waals surface area contributed by atoms with E-state index in [1.54, 1.807) is 12.1 Å². The summed E-state index contributed by atoms with van der Waals surface area (Å²) in [4.78, 5) is 4.91. The summed E-state index contributed by atoms with van der Waals surface area (Å²) in [6.07, 6.45) is 1.08. The lowest BCUT2D eigenvalue weighted by Gasteiger charge is -2.21. The van der Waals surface area contributed by atoms with Gasteiger partial charge in [0, 0.05) is 11.8 Å². The van der Waals surface area contributed by atoms with Crippen LogP contribution in [0.25, 0.3) is 0 Å². The SMILES string of the molecule is CC(C)(O)c1ccc(CON=C(N)N)cc1S(C)(=O)=O.Cl. The molecule has 9 heteroatoms. The number of guanidine groups is 1. The molecule has 0 saturated heterocycles. The molecule has 5 N–H and O–H groups in total. The van der Waals surface area contributed by atoms with E-state index in [1.165, 1.54) is 19.9 Å². The minimum Gasteiger partial charge on any atom is -0.388 e. The second-order valence-corrected chi connectivity index (χ2v) is 6.94. The molecule has 0 aliphatic carbocycles. The van der Waals surface area contributed by atoms with Gasteiger partial charge < -0.3 is 21.4 Å². The van der Waals surface area contributed by atoms with Crippen molar-refractivity contribution in [3.8, 4) is 0 Å². The van der Waals surface area contributed by atoms with E-state index in [9.17, 15) is 13.5 Å². The zero-order valence-electron chi connectivity index (χ0n) is 12.0. The Hall–Kier alpha value is -1.51. The predicted molar refractivity (Wildman–Crippen MR) is 82.6 cm³/mol. The normalized spacial score (nSPS) is 11.4. The molecule has 0 atom stereocenters. The number of benzene rings is 1. The van der Waals surface area contributed by atoms with Crippen LogP contribution in [0.3, 0.4) is 0 Å². The molecule has 0 spiro atoms. The molecule has 1 aromatic rings. The van der Waals surface area contributed by atoms with Crippen molar-refractivity contribution in [1.29, 1.82) is 0 Å². The van der Waals surface area contributed by atoms with Gasteiger partial charge in [0.05, 0.1) is 10.5 Å². The topological polar surface area (TPSA) is 128 Å². The van der Waals surface area contributed by atoms with E-state index in [1.807, 2.05) is 0 Å². The quantitative estimate of drug-likeness (QED) is 0.406. The number of aliphatic hydroxyl groups is 1. The summed E-state index contributed by atoms with van der Waals surface area (Å²) in [5, 5.41) is 13.4. The molecule has 0 aliphatic rings.